The van der Waals surface area contributed by atoms with E-state index in [4.69, 9.17) is 0 Å². The van der Waals surface area contributed by atoms with Crippen LogP contribution >= 0.6 is 0 Å². The number of carbonyl (C=O) groups is 1. The lowest BCUT2D eigenvalue weighted by molar-refractivity contribution is -0.126. The molecule has 7 nitrogen and oxygen atoms in total. The number of carbonyl (C=O) groups excluding carboxylic acids is 1. The van der Waals surface area contributed by atoms with Gasteiger partial charge in [-0.1, -0.05) is 6.08 Å². The Morgan fingerprint density at radius 1 is 1.14 bits per heavy atom. The van der Waals surface area contributed by atoms with Crippen LogP contribution in [0.5, 0.6) is 0 Å². The van der Waals surface area contributed by atoms with Gasteiger partial charge in [-0.25, -0.2) is 0 Å². The summed E-state index contributed by atoms with van der Waals surface area (Å²) < 4.78 is 28.1. The zero-order valence-electron chi connectivity index (χ0n) is 13.2. The molecule has 1 unspecified atom stereocenters. The lowest BCUT2D eigenvalue weighted by Crippen LogP contribution is -2.56. The number of hydrogen-bond donors (Lipinski definition) is 1. The molecule has 2 aliphatic heterocycles. The maximum absolute atomic E-state index is 12.5. The standard InChI is InChI=1S/C14H26N4O3S/c1-3-6-15-14(19)13(2)16-9-11-18(12-10-16)22(20,21)17-7-4-5-8-17/h3,13H,1,4-12H2,2H3,(H,15,19). The molecule has 22 heavy (non-hydrogen) atoms. The van der Waals surface area contributed by atoms with Crippen LogP contribution in [0.4, 0.5) is 0 Å². The van der Waals surface area contributed by atoms with Crippen molar-refractivity contribution in [2.75, 3.05) is 45.8 Å². The molecular formula is C14H26N4O3S. The summed E-state index contributed by atoms with van der Waals surface area (Å²) in [6.45, 7) is 9.17. The molecular weight excluding hydrogens is 304 g/mol. The van der Waals surface area contributed by atoms with Gasteiger partial charge in [-0.3, -0.25) is 9.69 Å². The molecule has 0 saturated carbocycles. The number of rotatable bonds is 6. The van der Waals surface area contributed by atoms with Crippen LogP contribution in [0, 0.1) is 0 Å². The molecule has 0 spiro atoms. The van der Waals surface area contributed by atoms with E-state index in [2.05, 4.69) is 11.9 Å². The Bertz CT molecular complexity index is 494. The topological polar surface area (TPSA) is 73.0 Å². The Morgan fingerprint density at radius 2 is 1.68 bits per heavy atom. The van der Waals surface area contributed by atoms with Gasteiger partial charge in [0.1, 0.15) is 0 Å². The second-order valence-electron chi connectivity index (χ2n) is 5.76. The van der Waals surface area contributed by atoms with E-state index in [9.17, 15) is 13.2 Å². The van der Waals surface area contributed by atoms with Gasteiger partial charge in [0.15, 0.2) is 0 Å². The summed E-state index contributed by atoms with van der Waals surface area (Å²) >= 11 is 0. The molecule has 0 aromatic rings. The van der Waals surface area contributed by atoms with Crippen LogP contribution in [-0.2, 0) is 15.0 Å². The van der Waals surface area contributed by atoms with Gasteiger partial charge < -0.3 is 5.32 Å². The van der Waals surface area contributed by atoms with Crippen LogP contribution in [0.25, 0.3) is 0 Å². The molecule has 8 heteroatoms. The van der Waals surface area contributed by atoms with Crippen molar-refractivity contribution in [3.05, 3.63) is 12.7 Å². The van der Waals surface area contributed by atoms with E-state index in [1.165, 1.54) is 0 Å². The van der Waals surface area contributed by atoms with Gasteiger partial charge in [-0.05, 0) is 19.8 Å². The van der Waals surface area contributed by atoms with Crippen molar-refractivity contribution in [1.82, 2.24) is 18.8 Å². The third-order valence-electron chi connectivity index (χ3n) is 4.34. The van der Waals surface area contributed by atoms with Crippen molar-refractivity contribution in [2.45, 2.75) is 25.8 Å². The van der Waals surface area contributed by atoms with Crippen LogP contribution in [0.15, 0.2) is 12.7 Å². The van der Waals surface area contributed by atoms with Gasteiger partial charge in [0, 0.05) is 45.8 Å². The first-order valence-corrected chi connectivity index (χ1v) is 9.24. The highest BCUT2D eigenvalue weighted by atomic mass is 32.2. The third kappa shape index (κ3) is 3.87. The van der Waals surface area contributed by atoms with Crippen LogP contribution < -0.4 is 5.32 Å². The lowest BCUT2D eigenvalue weighted by Gasteiger charge is -2.38. The average molecular weight is 330 g/mol. The van der Waals surface area contributed by atoms with Gasteiger partial charge in [0.2, 0.25) is 5.91 Å². The van der Waals surface area contributed by atoms with Gasteiger partial charge in [-0.2, -0.15) is 17.0 Å². The Labute approximate surface area is 133 Å². The summed E-state index contributed by atoms with van der Waals surface area (Å²) in [7, 11) is -3.32. The number of piperazine rings is 1. The molecule has 1 amide bonds. The lowest BCUT2D eigenvalue weighted by atomic mass is 10.2. The highest BCUT2D eigenvalue weighted by Crippen LogP contribution is 2.18. The maximum atomic E-state index is 12.5. The molecule has 0 aliphatic carbocycles. The van der Waals surface area contributed by atoms with Gasteiger partial charge >= 0.3 is 0 Å². The van der Waals surface area contributed by atoms with E-state index < -0.39 is 10.2 Å². The molecule has 0 radical (unpaired) electrons. The summed E-state index contributed by atoms with van der Waals surface area (Å²) in [5, 5.41) is 2.78. The zero-order valence-corrected chi connectivity index (χ0v) is 14.0. The van der Waals surface area contributed by atoms with Crippen LogP contribution in [-0.4, -0.2) is 79.7 Å². The molecule has 1 N–H and O–H groups in total. The summed E-state index contributed by atoms with van der Waals surface area (Å²) in [5.41, 5.74) is 0. The van der Waals surface area contributed by atoms with Crippen molar-refractivity contribution in [3.63, 3.8) is 0 Å². The molecule has 2 fully saturated rings. The van der Waals surface area contributed by atoms with Gasteiger partial charge in [0.05, 0.1) is 6.04 Å². The second-order valence-corrected chi connectivity index (χ2v) is 7.69. The Balaban J connectivity index is 1.87. The minimum Gasteiger partial charge on any atom is -0.351 e. The van der Waals surface area contributed by atoms with Crippen molar-refractivity contribution in [1.29, 1.82) is 0 Å². The van der Waals surface area contributed by atoms with Gasteiger partial charge in [-0.15, -0.1) is 6.58 Å². The van der Waals surface area contributed by atoms with Crippen LogP contribution in [0.1, 0.15) is 19.8 Å². The first-order valence-electron chi connectivity index (χ1n) is 7.84. The smallest absolute Gasteiger partial charge is 0.282 e. The quantitative estimate of drug-likeness (QED) is 0.675. The van der Waals surface area contributed by atoms with Crippen LogP contribution in [0.2, 0.25) is 0 Å². The fourth-order valence-corrected chi connectivity index (χ4v) is 4.56. The molecule has 2 aliphatic rings. The highest BCUT2D eigenvalue weighted by Gasteiger charge is 2.35. The zero-order chi connectivity index (χ0) is 16.2. The highest BCUT2D eigenvalue weighted by molar-refractivity contribution is 7.86. The van der Waals surface area contributed by atoms with Crippen molar-refractivity contribution < 1.29 is 13.2 Å². The van der Waals surface area contributed by atoms with Crippen molar-refractivity contribution in [3.8, 4) is 0 Å². The van der Waals surface area contributed by atoms with E-state index in [-0.39, 0.29) is 11.9 Å². The molecule has 0 aromatic carbocycles. The first kappa shape index (κ1) is 17.4. The molecule has 2 saturated heterocycles. The fraction of sp³-hybridized carbons (Fsp3) is 0.786. The molecule has 0 bridgehead atoms. The van der Waals surface area contributed by atoms with E-state index >= 15 is 0 Å². The SMILES string of the molecule is C=CCNC(=O)C(C)N1CCN(S(=O)(=O)N2CCCC2)CC1. The van der Waals surface area contributed by atoms with E-state index in [1.807, 2.05) is 11.8 Å². The second kappa shape index (κ2) is 7.54. The normalized spacial score (nSPS) is 23.3. The molecule has 1 atom stereocenters. The molecule has 2 heterocycles. The number of nitrogens with zero attached hydrogens (tertiary/aromatic N) is 3. The minimum absolute atomic E-state index is 0.0456. The van der Waals surface area contributed by atoms with E-state index in [0.717, 1.165) is 12.8 Å². The summed E-state index contributed by atoms with van der Waals surface area (Å²) in [5.74, 6) is -0.0456. The summed E-state index contributed by atoms with van der Waals surface area (Å²) in [6, 6.07) is -0.253. The average Bonchev–Trinajstić information content (AvgIpc) is 3.07. The largest absolute Gasteiger partial charge is 0.351 e. The van der Waals surface area contributed by atoms with Crippen LogP contribution in [0.3, 0.4) is 0 Å². The van der Waals surface area contributed by atoms with Gasteiger partial charge in [0.25, 0.3) is 10.2 Å². The number of hydrogen-bond acceptors (Lipinski definition) is 4. The molecule has 2 rings (SSSR count). The summed E-state index contributed by atoms with van der Waals surface area (Å²) in [4.78, 5) is 14.0. The maximum Gasteiger partial charge on any atom is 0.282 e. The number of amides is 1. The molecule has 126 valence electrons. The Morgan fingerprint density at radius 3 is 2.23 bits per heavy atom. The van der Waals surface area contributed by atoms with E-state index in [0.29, 0.717) is 45.8 Å². The number of nitrogens with one attached hydrogen (secondary N) is 1. The first-order chi connectivity index (χ1) is 10.5. The monoisotopic (exact) mass is 330 g/mol. The fourth-order valence-electron chi connectivity index (χ4n) is 2.89. The predicted octanol–water partition coefficient (Wildman–Crippen LogP) is -0.365. The van der Waals surface area contributed by atoms with E-state index in [1.54, 1.807) is 14.7 Å². The predicted molar refractivity (Wildman–Crippen MR) is 85.5 cm³/mol. The Hall–Kier alpha value is -0.960. The van der Waals surface area contributed by atoms with Crippen molar-refractivity contribution >= 4 is 16.1 Å². The third-order valence-corrected chi connectivity index (χ3v) is 6.37. The molecule has 0 aromatic heterocycles. The Kier molecular flexibility index (Phi) is 5.96. The summed E-state index contributed by atoms with van der Waals surface area (Å²) in [6.07, 6.45) is 3.53. The van der Waals surface area contributed by atoms with Crippen molar-refractivity contribution in [2.24, 2.45) is 0 Å². The minimum atomic E-state index is -3.32.